The first kappa shape index (κ1) is 20.5. The van der Waals surface area contributed by atoms with Gasteiger partial charge in [-0.1, -0.05) is 12.1 Å². The molecule has 9 heteroatoms. The van der Waals surface area contributed by atoms with Gasteiger partial charge in [0.05, 0.1) is 17.3 Å². The summed E-state index contributed by atoms with van der Waals surface area (Å²) in [7, 11) is 0. The van der Waals surface area contributed by atoms with Gasteiger partial charge in [-0.2, -0.15) is 0 Å². The molecule has 0 aliphatic heterocycles. The maximum Gasteiger partial charge on any atom is 0.321 e. The lowest BCUT2D eigenvalue weighted by atomic mass is 10.2. The summed E-state index contributed by atoms with van der Waals surface area (Å²) in [6.45, 7) is 2.96. The van der Waals surface area contributed by atoms with Crippen molar-refractivity contribution in [3.8, 4) is 0 Å². The number of hydrogen-bond acceptors (Lipinski definition) is 6. The van der Waals surface area contributed by atoms with E-state index >= 15 is 0 Å². The fourth-order valence-electron chi connectivity index (χ4n) is 2.97. The minimum absolute atomic E-state index is 0.0248. The maximum atomic E-state index is 12.8. The minimum atomic E-state index is -0.713. The van der Waals surface area contributed by atoms with Gasteiger partial charge in [-0.25, -0.2) is 9.78 Å². The van der Waals surface area contributed by atoms with Crippen molar-refractivity contribution >= 4 is 28.8 Å². The Morgan fingerprint density at radius 2 is 1.97 bits per heavy atom. The Labute approximate surface area is 167 Å². The number of nitrogens with one attached hydrogen (secondary N) is 2. The van der Waals surface area contributed by atoms with Crippen LogP contribution in [0.15, 0.2) is 29.1 Å². The highest BCUT2D eigenvalue weighted by atomic mass is 16.5. The summed E-state index contributed by atoms with van der Waals surface area (Å²) in [5.41, 5.74) is 0.491. The molecule has 0 atom stereocenters. The van der Waals surface area contributed by atoms with Gasteiger partial charge in [0.15, 0.2) is 6.61 Å². The quantitative estimate of drug-likeness (QED) is 0.679. The summed E-state index contributed by atoms with van der Waals surface area (Å²) >= 11 is 0. The van der Waals surface area contributed by atoms with E-state index in [-0.39, 0.29) is 30.5 Å². The number of fused-ring (bicyclic) bond motifs is 1. The highest BCUT2D eigenvalue weighted by Gasteiger charge is 2.28. The van der Waals surface area contributed by atoms with Gasteiger partial charge in [-0.15, -0.1) is 0 Å². The molecule has 2 N–H and O–H groups in total. The highest BCUT2D eigenvalue weighted by molar-refractivity contribution is 5.95. The molecule has 1 aliphatic rings. The van der Waals surface area contributed by atoms with Gasteiger partial charge in [-0.3, -0.25) is 24.3 Å². The van der Waals surface area contributed by atoms with Gasteiger partial charge < -0.3 is 10.1 Å². The second-order valence-corrected chi connectivity index (χ2v) is 7.29. The van der Waals surface area contributed by atoms with Crippen molar-refractivity contribution in [2.75, 3.05) is 6.61 Å². The van der Waals surface area contributed by atoms with Gasteiger partial charge in [0.1, 0.15) is 5.82 Å². The van der Waals surface area contributed by atoms with Crippen molar-refractivity contribution in [1.82, 2.24) is 20.2 Å². The molecule has 0 radical (unpaired) electrons. The maximum absolute atomic E-state index is 12.8. The molecule has 3 amide bonds. The molecular formula is C20H24N4O5. The van der Waals surface area contributed by atoms with E-state index in [1.54, 1.807) is 36.6 Å². The molecule has 0 unspecified atom stereocenters. The molecule has 154 valence electrons. The van der Waals surface area contributed by atoms with E-state index in [0.29, 0.717) is 16.7 Å². The summed E-state index contributed by atoms with van der Waals surface area (Å²) in [5, 5.41) is 5.13. The van der Waals surface area contributed by atoms with E-state index in [1.807, 2.05) is 6.07 Å². The minimum Gasteiger partial charge on any atom is -0.456 e. The lowest BCUT2D eigenvalue weighted by Gasteiger charge is -2.13. The second kappa shape index (κ2) is 8.85. The Bertz CT molecular complexity index is 994. The van der Waals surface area contributed by atoms with Crippen LogP contribution in [0.3, 0.4) is 0 Å². The van der Waals surface area contributed by atoms with Crippen molar-refractivity contribution in [2.24, 2.45) is 0 Å². The van der Waals surface area contributed by atoms with Crippen LogP contribution >= 0.6 is 0 Å². The Hall–Kier alpha value is -3.23. The lowest BCUT2D eigenvalue weighted by molar-refractivity contribution is -0.148. The normalized spacial score (nSPS) is 13.3. The fourth-order valence-corrected chi connectivity index (χ4v) is 2.97. The van der Waals surface area contributed by atoms with E-state index < -0.39 is 24.5 Å². The van der Waals surface area contributed by atoms with Crippen LogP contribution in [0, 0.1) is 0 Å². The molecule has 0 spiro atoms. The van der Waals surface area contributed by atoms with Crippen LogP contribution in [0.2, 0.25) is 0 Å². The van der Waals surface area contributed by atoms with Crippen LogP contribution < -0.4 is 16.2 Å². The predicted molar refractivity (Wildman–Crippen MR) is 105 cm³/mol. The number of carbonyl (C=O) groups is 3. The molecule has 0 bridgehead atoms. The number of hydrogen-bond donors (Lipinski definition) is 2. The zero-order chi connectivity index (χ0) is 21.0. The number of nitrogens with zero attached hydrogens (tertiary/aromatic N) is 2. The standard InChI is InChI=1S/C20H24N4O5/c1-12(2)21-20(28)23-17(25)11-29-18(26)10-9-16-22-15-6-4-3-5-14(15)19(27)24(16)13-7-8-13/h3-6,12-13H,7-11H2,1-2H3,(H2,21,23,25,28). The van der Waals surface area contributed by atoms with Crippen LogP contribution in [-0.4, -0.2) is 40.1 Å². The highest BCUT2D eigenvalue weighted by Crippen LogP contribution is 2.34. The van der Waals surface area contributed by atoms with Crippen LogP contribution in [0.5, 0.6) is 0 Å². The zero-order valence-corrected chi connectivity index (χ0v) is 16.4. The number of para-hydroxylation sites is 1. The number of aryl methyl sites for hydroxylation is 1. The smallest absolute Gasteiger partial charge is 0.321 e. The number of ether oxygens (including phenoxy) is 1. The van der Waals surface area contributed by atoms with E-state index in [0.717, 1.165) is 12.8 Å². The number of imide groups is 1. The summed E-state index contributed by atoms with van der Waals surface area (Å²) in [4.78, 5) is 52.4. The van der Waals surface area contributed by atoms with E-state index in [1.165, 1.54) is 0 Å². The molecular weight excluding hydrogens is 376 g/mol. The summed E-state index contributed by atoms with van der Waals surface area (Å²) < 4.78 is 6.58. The molecule has 1 aromatic carbocycles. The number of amides is 3. The van der Waals surface area contributed by atoms with E-state index in [4.69, 9.17) is 4.74 Å². The van der Waals surface area contributed by atoms with Crippen molar-refractivity contribution < 1.29 is 19.1 Å². The Morgan fingerprint density at radius 1 is 1.24 bits per heavy atom. The summed E-state index contributed by atoms with van der Waals surface area (Å²) in [6, 6.07) is 6.47. The average molecular weight is 400 g/mol. The van der Waals surface area contributed by atoms with Gasteiger partial charge in [0.25, 0.3) is 11.5 Å². The van der Waals surface area contributed by atoms with Gasteiger partial charge in [0.2, 0.25) is 0 Å². The molecule has 1 heterocycles. The number of urea groups is 1. The molecule has 2 aromatic rings. The van der Waals surface area contributed by atoms with E-state index in [2.05, 4.69) is 15.6 Å². The average Bonchev–Trinajstić information content (AvgIpc) is 3.49. The SMILES string of the molecule is CC(C)NC(=O)NC(=O)COC(=O)CCc1nc2ccccc2c(=O)n1C1CC1. The molecule has 0 saturated heterocycles. The molecule has 3 rings (SSSR count). The van der Waals surface area contributed by atoms with Crippen LogP contribution in [0.4, 0.5) is 4.79 Å². The Morgan fingerprint density at radius 3 is 2.66 bits per heavy atom. The van der Waals surface area contributed by atoms with Crippen LogP contribution in [0.1, 0.15) is 45.0 Å². The number of rotatable bonds is 7. The second-order valence-electron chi connectivity index (χ2n) is 7.29. The molecule has 1 saturated carbocycles. The summed E-state index contributed by atoms with van der Waals surface area (Å²) in [5.74, 6) is -0.779. The van der Waals surface area contributed by atoms with Crippen LogP contribution in [0.25, 0.3) is 10.9 Å². The monoisotopic (exact) mass is 400 g/mol. The number of esters is 1. The lowest BCUT2D eigenvalue weighted by Crippen LogP contribution is -2.44. The van der Waals surface area contributed by atoms with E-state index in [9.17, 15) is 19.2 Å². The Kier molecular flexibility index (Phi) is 6.26. The van der Waals surface area contributed by atoms with Crippen molar-refractivity contribution in [2.45, 2.75) is 51.6 Å². The molecule has 29 heavy (non-hydrogen) atoms. The van der Waals surface area contributed by atoms with Gasteiger partial charge in [-0.05, 0) is 38.8 Å². The van der Waals surface area contributed by atoms with Crippen molar-refractivity contribution in [3.63, 3.8) is 0 Å². The first-order valence-electron chi connectivity index (χ1n) is 9.61. The molecule has 9 nitrogen and oxygen atoms in total. The third-order valence-corrected chi connectivity index (χ3v) is 4.38. The number of carbonyl (C=O) groups excluding carboxylic acids is 3. The Balaban J connectivity index is 1.58. The third kappa shape index (κ3) is 5.40. The molecule has 1 aliphatic carbocycles. The first-order valence-corrected chi connectivity index (χ1v) is 9.61. The summed E-state index contributed by atoms with van der Waals surface area (Å²) in [6.07, 6.45) is 2.03. The zero-order valence-electron chi connectivity index (χ0n) is 16.4. The van der Waals surface area contributed by atoms with Crippen molar-refractivity contribution in [3.05, 3.63) is 40.4 Å². The number of aromatic nitrogens is 2. The molecule has 1 aromatic heterocycles. The van der Waals surface area contributed by atoms with Crippen LogP contribution in [-0.2, 0) is 20.7 Å². The third-order valence-electron chi connectivity index (χ3n) is 4.38. The largest absolute Gasteiger partial charge is 0.456 e. The topological polar surface area (TPSA) is 119 Å². The first-order chi connectivity index (χ1) is 13.8. The van der Waals surface area contributed by atoms with Gasteiger partial charge >= 0.3 is 12.0 Å². The predicted octanol–water partition coefficient (Wildman–Crippen LogP) is 1.44. The van der Waals surface area contributed by atoms with Gasteiger partial charge in [0, 0.05) is 18.5 Å². The molecule has 1 fully saturated rings. The fraction of sp³-hybridized carbons (Fsp3) is 0.450. The number of benzene rings is 1. The van der Waals surface area contributed by atoms with Crippen molar-refractivity contribution in [1.29, 1.82) is 0 Å².